The Morgan fingerprint density at radius 2 is 2.13 bits per heavy atom. The number of hydrogen-bond acceptors (Lipinski definition) is 6. The smallest absolute Gasteiger partial charge is 0.322 e. The molecule has 0 saturated carbocycles. The SMILES string of the molecule is Cc1ccc2oc(N)c(C3NC(C(=O)O)C(C)(C)S3)c(=O)c2c1. The highest BCUT2D eigenvalue weighted by molar-refractivity contribution is 8.01. The summed E-state index contributed by atoms with van der Waals surface area (Å²) in [5, 5.41) is 12.3. The standard InChI is InChI=1S/C16H18N2O4S/c1-7-4-5-9-8(6-7)11(19)10(13(17)22-9)14-18-12(15(20)21)16(2,3)23-14/h4-6,12,14,18H,17H2,1-3H3,(H,20,21). The van der Waals surface area contributed by atoms with Crippen LogP contribution in [0, 0.1) is 6.92 Å². The first-order valence-corrected chi connectivity index (χ1v) is 8.08. The van der Waals surface area contributed by atoms with Crippen LogP contribution in [0.3, 0.4) is 0 Å². The summed E-state index contributed by atoms with van der Waals surface area (Å²) >= 11 is 1.37. The number of nitrogen functional groups attached to an aromatic ring is 1. The van der Waals surface area contributed by atoms with E-state index in [4.69, 9.17) is 10.2 Å². The molecule has 122 valence electrons. The number of aryl methyl sites for hydroxylation is 1. The van der Waals surface area contributed by atoms with Gasteiger partial charge in [-0.1, -0.05) is 11.6 Å². The average molecular weight is 334 g/mol. The van der Waals surface area contributed by atoms with Gasteiger partial charge in [0.05, 0.1) is 16.3 Å². The van der Waals surface area contributed by atoms with E-state index in [-0.39, 0.29) is 16.9 Å². The van der Waals surface area contributed by atoms with E-state index in [1.54, 1.807) is 12.1 Å². The van der Waals surface area contributed by atoms with Crippen molar-refractivity contribution in [3.05, 3.63) is 39.5 Å². The zero-order chi connectivity index (χ0) is 16.9. The van der Waals surface area contributed by atoms with Crippen LogP contribution in [-0.2, 0) is 4.79 Å². The molecule has 1 aromatic carbocycles. The summed E-state index contributed by atoms with van der Waals surface area (Å²) < 4.78 is 5.01. The van der Waals surface area contributed by atoms with Gasteiger partial charge in [0, 0.05) is 4.75 Å². The molecule has 0 aliphatic carbocycles. The van der Waals surface area contributed by atoms with Crippen molar-refractivity contribution in [2.45, 2.75) is 36.9 Å². The third-order valence-corrected chi connectivity index (χ3v) is 5.50. The van der Waals surface area contributed by atoms with Gasteiger partial charge in [0.15, 0.2) is 0 Å². The summed E-state index contributed by atoms with van der Waals surface area (Å²) in [5.41, 5.74) is 7.38. The van der Waals surface area contributed by atoms with Gasteiger partial charge >= 0.3 is 5.97 Å². The fourth-order valence-electron chi connectivity index (χ4n) is 2.86. The number of nitrogens with two attached hydrogens (primary N) is 1. The third-order valence-electron chi connectivity index (χ3n) is 4.05. The maximum Gasteiger partial charge on any atom is 0.322 e. The van der Waals surface area contributed by atoms with Crippen molar-refractivity contribution < 1.29 is 14.3 Å². The highest BCUT2D eigenvalue weighted by Crippen LogP contribution is 2.46. The first-order chi connectivity index (χ1) is 10.7. The molecule has 6 nitrogen and oxygen atoms in total. The zero-order valence-electron chi connectivity index (χ0n) is 13.0. The Bertz CT molecular complexity index is 859. The molecule has 2 aromatic rings. The predicted molar refractivity (Wildman–Crippen MR) is 90.6 cm³/mol. The van der Waals surface area contributed by atoms with Crippen LogP contribution in [0.4, 0.5) is 5.88 Å². The molecule has 0 radical (unpaired) electrons. The largest absolute Gasteiger partial charge is 0.480 e. The maximum atomic E-state index is 12.8. The van der Waals surface area contributed by atoms with Gasteiger partial charge in [-0.3, -0.25) is 14.9 Å². The summed E-state index contributed by atoms with van der Waals surface area (Å²) in [6.45, 7) is 5.54. The van der Waals surface area contributed by atoms with Crippen molar-refractivity contribution in [2.24, 2.45) is 0 Å². The molecule has 1 saturated heterocycles. The number of thioether (sulfide) groups is 1. The van der Waals surface area contributed by atoms with Gasteiger partial charge < -0.3 is 15.3 Å². The van der Waals surface area contributed by atoms with Crippen LogP contribution >= 0.6 is 11.8 Å². The number of carboxylic acids is 1. The van der Waals surface area contributed by atoms with Crippen molar-refractivity contribution in [3.63, 3.8) is 0 Å². The van der Waals surface area contributed by atoms with Crippen LogP contribution in [0.1, 0.15) is 30.3 Å². The van der Waals surface area contributed by atoms with Gasteiger partial charge in [-0.05, 0) is 32.9 Å². The van der Waals surface area contributed by atoms with Gasteiger partial charge in [-0.15, -0.1) is 11.8 Å². The summed E-state index contributed by atoms with van der Waals surface area (Å²) in [6.07, 6.45) is 0. The Morgan fingerprint density at radius 1 is 1.43 bits per heavy atom. The third kappa shape index (κ3) is 2.60. The number of aliphatic carboxylic acids is 1. The molecule has 1 aliphatic heterocycles. The molecule has 3 rings (SSSR count). The lowest BCUT2D eigenvalue weighted by atomic mass is 10.0. The van der Waals surface area contributed by atoms with Crippen molar-refractivity contribution in [1.82, 2.24) is 5.32 Å². The van der Waals surface area contributed by atoms with Gasteiger partial charge in [0.1, 0.15) is 11.6 Å². The van der Waals surface area contributed by atoms with E-state index in [0.29, 0.717) is 11.0 Å². The van der Waals surface area contributed by atoms with Crippen LogP contribution in [0.2, 0.25) is 0 Å². The van der Waals surface area contributed by atoms with Crippen LogP contribution in [0.15, 0.2) is 27.4 Å². The number of hydrogen-bond donors (Lipinski definition) is 3. The fourth-order valence-corrected chi connectivity index (χ4v) is 4.32. The van der Waals surface area contributed by atoms with Crippen LogP contribution in [-0.4, -0.2) is 21.9 Å². The molecule has 2 atom stereocenters. The Balaban J connectivity index is 2.14. The minimum Gasteiger partial charge on any atom is -0.480 e. The minimum atomic E-state index is -0.954. The average Bonchev–Trinajstić information content (AvgIpc) is 2.75. The van der Waals surface area contributed by atoms with Crippen molar-refractivity contribution in [3.8, 4) is 0 Å². The van der Waals surface area contributed by atoms with E-state index in [1.165, 1.54) is 11.8 Å². The summed E-state index contributed by atoms with van der Waals surface area (Å²) in [6, 6.07) is 4.54. The number of carboxylic acid groups (broad SMARTS) is 1. The van der Waals surface area contributed by atoms with Crippen molar-refractivity contribution in [2.75, 3.05) is 5.73 Å². The van der Waals surface area contributed by atoms with Gasteiger partial charge in [0.2, 0.25) is 11.3 Å². The fraction of sp³-hybridized carbons (Fsp3) is 0.375. The molecule has 7 heteroatoms. The number of carbonyl (C=O) groups is 1. The topological polar surface area (TPSA) is 106 Å². The number of benzene rings is 1. The first kappa shape index (κ1) is 15.9. The second-order valence-electron chi connectivity index (χ2n) is 6.25. The summed E-state index contributed by atoms with van der Waals surface area (Å²) in [4.78, 5) is 24.2. The second-order valence-corrected chi connectivity index (χ2v) is 8.01. The molecule has 0 bridgehead atoms. The molecule has 4 N–H and O–H groups in total. The molecule has 2 heterocycles. The van der Waals surface area contributed by atoms with Crippen molar-refractivity contribution in [1.29, 1.82) is 0 Å². The van der Waals surface area contributed by atoms with E-state index in [0.717, 1.165) is 5.56 Å². The summed E-state index contributed by atoms with van der Waals surface area (Å²) in [5.74, 6) is -0.928. The molecule has 1 aromatic heterocycles. The molecule has 23 heavy (non-hydrogen) atoms. The van der Waals surface area contributed by atoms with Gasteiger partial charge in [-0.2, -0.15) is 0 Å². The van der Waals surface area contributed by atoms with E-state index in [9.17, 15) is 14.7 Å². The summed E-state index contributed by atoms with van der Waals surface area (Å²) in [7, 11) is 0. The van der Waals surface area contributed by atoms with Crippen LogP contribution < -0.4 is 16.5 Å². The second kappa shape index (κ2) is 5.28. The quantitative estimate of drug-likeness (QED) is 0.773. The lowest BCUT2D eigenvalue weighted by Gasteiger charge is -2.20. The number of rotatable bonds is 2. The molecule has 1 aliphatic rings. The Kier molecular flexibility index (Phi) is 3.65. The van der Waals surface area contributed by atoms with E-state index in [2.05, 4.69) is 5.32 Å². The van der Waals surface area contributed by atoms with E-state index in [1.807, 2.05) is 26.8 Å². The van der Waals surface area contributed by atoms with E-state index >= 15 is 0 Å². The first-order valence-electron chi connectivity index (χ1n) is 7.20. The highest BCUT2D eigenvalue weighted by Gasteiger charge is 2.47. The Morgan fingerprint density at radius 3 is 2.74 bits per heavy atom. The van der Waals surface area contributed by atoms with Crippen LogP contribution in [0.5, 0.6) is 0 Å². The predicted octanol–water partition coefficient (Wildman–Crippen LogP) is 2.25. The number of anilines is 1. The lowest BCUT2D eigenvalue weighted by molar-refractivity contribution is -0.139. The highest BCUT2D eigenvalue weighted by atomic mass is 32.2. The zero-order valence-corrected chi connectivity index (χ0v) is 13.9. The molecule has 2 unspecified atom stereocenters. The molecule has 1 fully saturated rings. The molecular formula is C16H18N2O4S. The Hall–Kier alpha value is -1.99. The molecule has 0 amide bonds. The van der Waals surface area contributed by atoms with Gasteiger partial charge in [0.25, 0.3) is 0 Å². The van der Waals surface area contributed by atoms with Crippen LogP contribution in [0.25, 0.3) is 11.0 Å². The minimum absolute atomic E-state index is 0.0261. The van der Waals surface area contributed by atoms with Gasteiger partial charge in [-0.25, -0.2) is 0 Å². The van der Waals surface area contributed by atoms with E-state index < -0.39 is 22.1 Å². The normalized spacial score (nSPS) is 23.3. The molecular weight excluding hydrogens is 316 g/mol. The Labute approximate surface area is 137 Å². The molecule has 0 spiro atoms. The van der Waals surface area contributed by atoms with Crippen molar-refractivity contribution >= 4 is 34.6 Å². The lowest BCUT2D eigenvalue weighted by Crippen LogP contribution is -2.44. The number of fused-ring (bicyclic) bond motifs is 1. The number of nitrogens with one attached hydrogen (secondary N) is 1. The maximum absolute atomic E-state index is 12.8. The monoisotopic (exact) mass is 334 g/mol.